The zero-order chi connectivity index (χ0) is 15.1. The molecule has 0 bridgehead atoms. The van der Waals surface area contributed by atoms with Crippen LogP contribution in [-0.2, 0) is 16.0 Å². The van der Waals surface area contributed by atoms with Crippen LogP contribution in [0.1, 0.15) is 43.8 Å². The molecule has 120 valence electrons. The number of hydrogen-bond acceptors (Lipinski definition) is 4. The van der Waals surface area contributed by atoms with Crippen LogP contribution in [0.4, 0.5) is 0 Å². The number of hydrogen-bond donors (Lipinski definition) is 1. The number of ether oxygens (including phenoxy) is 2. The third-order valence-electron chi connectivity index (χ3n) is 4.07. The van der Waals surface area contributed by atoms with Crippen LogP contribution < -0.4 is 5.32 Å². The van der Waals surface area contributed by atoms with Crippen molar-refractivity contribution in [3.8, 4) is 0 Å². The maximum atomic E-state index is 6.32. The van der Waals surface area contributed by atoms with Gasteiger partial charge in [-0.2, -0.15) is 5.10 Å². The Hall–Kier alpha value is -0.620. The van der Waals surface area contributed by atoms with Gasteiger partial charge in [0, 0.05) is 13.7 Å². The number of methoxy groups -OCH3 is 1. The minimum Gasteiger partial charge on any atom is -0.383 e. The van der Waals surface area contributed by atoms with Gasteiger partial charge in [0.25, 0.3) is 0 Å². The Morgan fingerprint density at radius 1 is 1.57 bits per heavy atom. The second-order valence-corrected chi connectivity index (χ2v) is 5.91. The van der Waals surface area contributed by atoms with Gasteiger partial charge in [0.15, 0.2) is 0 Å². The van der Waals surface area contributed by atoms with Crippen LogP contribution in [0.5, 0.6) is 0 Å². The first-order chi connectivity index (χ1) is 10.3. The molecule has 2 unspecified atom stereocenters. The van der Waals surface area contributed by atoms with Crippen LogP contribution in [-0.4, -0.2) is 43.3 Å². The van der Waals surface area contributed by atoms with E-state index in [0.29, 0.717) is 12.7 Å². The summed E-state index contributed by atoms with van der Waals surface area (Å²) in [4.78, 5) is 0. The van der Waals surface area contributed by atoms with E-state index in [2.05, 4.69) is 10.4 Å². The minimum absolute atomic E-state index is 0.197. The molecule has 1 N–H and O–H groups in total. The molecule has 1 fully saturated rings. The molecule has 5 nitrogen and oxygen atoms in total. The zero-order valence-electron chi connectivity index (χ0n) is 13.0. The molecule has 0 aliphatic carbocycles. The lowest BCUT2D eigenvalue weighted by Gasteiger charge is -2.25. The lowest BCUT2D eigenvalue weighted by atomic mass is 10.00. The molecule has 0 saturated carbocycles. The van der Waals surface area contributed by atoms with Gasteiger partial charge in [-0.1, -0.05) is 11.6 Å². The first-order valence-electron chi connectivity index (χ1n) is 7.75. The molecule has 6 heteroatoms. The molecule has 0 aromatic carbocycles. The van der Waals surface area contributed by atoms with Crippen molar-refractivity contribution in [2.45, 2.75) is 50.8 Å². The van der Waals surface area contributed by atoms with E-state index < -0.39 is 0 Å². The Bertz CT molecular complexity index is 419. The van der Waals surface area contributed by atoms with Gasteiger partial charge < -0.3 is 14.8 Å². The Balaban J connectivity index is 1.97. The fourth-order valence-corrected chi connectivity index (χ4v) is 3.15. The summed E-state index contributed by atoms with van der Waals surface area (Å²) in [6, 6.07) is 0.197. The van der Waals surface area contributed by atoms with Crippen LogP contribution in [0.25, 0.3) is 0 Å². The number of nitrogens with zero attached hydrogens (tertiary/aromatic N) is 2. The van der Waals surface area contributed by atoms with E-state index in [-0.39, 0.29) is 6.04 Å². The van der Waals surface area contributed by atoms with E-state index in [1.54, 1.807) is 13.3 Å². The van der Waals surface area contributed by atoms with Crippen molar-refractivity contribution in [1.29, 1.82) is 0 Å². The van der Waals surface area contributed by atoms with Gasteiger partial charge >= 0.3 is 0 Å². The lowest BCUT2D eigenvalue weighted by molar-refractivity contribution is 0.00851. The van der Waals surface area contributed by atoms with Crippen LogP contribution in [0, 0.1) is 0 Å². The Labute approximate surface area is 131 Å². The molecule has 2 rings (SSSR count). The fourth-order valence-electron chi connectivity index (χ4n) is 2.88. The highest BCUT2D eigenvalue weighted by molar-refractivity contribution is 6.31. The largest absolute Gasteiger partial charge is 0.383 e. The summed E-state index contributed by atoms with van der Waals surface area (Å²) < 4.78 is 12.9. The molecule has 1 aliphatic rings. The third-order valence-corrected chi connectivity index (χ3v) is 4.36. The number of aromatic nitrogens is 2. The highest BCUT2D eigenvalue weighted by atomic mass is 35.5. The second kappa shape index (κ2) is 8.73. The molecule has 1 saturated heterocycles. The zero-order valence-corrected chi connectivity index (χ0v) is 13.7. The van der Waals surface area contributed by atoms with Crippen molar-refractivity contribution in [3.63, 3.8) is 0 Å². The average Bonchev–Trinajstić information content (AvgIpc) is 2.88. The molecular formula is C15H26ClN3O2. The molecule has 0 amide bonds. The van der Waals surface area contributed by atoms with Crippen LogP contribution in [0.15, 0.2) is 6.20 Å². The summed E-state index contributed by atoms with van der Waals surface area (Å²) in [5, 5.41) is 8.43. The summed E-state index contributed by atoms with van der Waals surface area (Å²) in [6.07, 6.45) is 7.81. The Morgan fingerprint density at radius 2 is 2.43 bits per heavy atom. The van der Waals surface area contributed by atoms with Crippen molar-refractivity contribution in [3.05, 3.63) is 16.9 Å². The van der Waals surface area contributed by atoms with Gasteiger partial charge in [0.1, 0.15) is 0 Å². The summed E-state index contributed by atoms with van der Waals surface area (Å²) in [5.41, 5.74) is 1.05. The van der Waals surface area contributed by atoms with Crippen LogP contribution >= 0.6 is 11.6 Å². The second-order valence-electron chi connectivity index (χ2n) is 5.50. The molecule has 1 aromatic rings. The van der Waals surface area contributed by atoms with Gasteiger partial charge in [-0.15, -0.1) is 0 Å². The number of nitrogens with one attached hydrogen (secondary N) is 1. The SMILES string of the molecule is CNC(CCC1CCCCO1)c1c(Cl)cnn1CCOC. The molecule has 2 atom stereocenters. The van der Waals surface area contributed by atoms with Gasteiger partial charge in [-0.25, -0.2) is 0 Å². The third kappa shape index (κ3) is 4.68. The maximum absolute atomic E-state index is 6.32. The summed E-state index contributed by atoms with van der Waals surface area (Å²) >= 11 is 6.32. The molecular weight excluding hydrogens is 290 g/mol. The van der Waals surface area contributed by atoms with E-state index in [1.807, 2.05) is 11.7 Å². The van der Waals surface area contributed by atoms with Crippen LogP contribution in [0.3, 0.4) is 0 Å². The van der Waals surface area contributed by atoms with E-state index in [1.165, 1.54) is 19.3 Å². The van der Waals surface area contributed by atoms with Gasteiger partial charge in [0.05, 0.1) is 42.2 Å². The number of halogens is 1. The number of rotatable bonds is 8. The average molecular weight is 316 g/mol. The topological polar surface area (TPSA) is 48.3 Å². The van der Waals surface area contributed by atoms with E-state index in [0.717, 1.165) is 36.7 Å². The molecule has 1 aliphatic heterocycles. The summed E-state index contributed by atoms with van der Waals surface area (Å²) in [5.74, 6) is 0. The van der Waals surface area contributed by atoms with Crippen molar-refractivity contribution in [2.24, 2.45) is 0 Å². The minimum atomic E-state index is 0.197. The van der Waals surface area contributed by atoms with E-state index in [9.17, 15) is 0 Å². The van der Waals surface area contributed by atoms with Crippen molar-refractivity contribution in [2.75, 3.05) is 27.4 Å². The first-order valence-corrected chi connectivity index (χ1v) is 8.13. The first kappa shape index (κ1) is 16.7. The van der Waals surface area contributed by atoms with Gasteiger partial charge in [-0.3, -0.25) is 4.68 Å². The van der Waals surface area contributed by atoms with Crippen molar-refractivity contribution >= 4 is 11.6 Å². The van der Waals surface area contributed by atoms with Gasteiger partial charge in [-0.05, 0) is 39.2 Å². The molecule has 21 heavy (non-hydrogen) atoms. The normalized spacial score (nSPS) is 20.6. The van der Waals surface area contributed by atoms with Crippen molar-refractivity contribution < 1.29 is 9.47 Å². The standard InChI is InChI=1S/C15H26ClN3O2/c1-17-14(7-6-12-5-3-4-9-21-12)15-13(16)11-18-19(15)8-10-20-2/h11-12,14,17H,3-10H2,1-2H3. The summed E-state index contributed by atoms with van der Waals surface area (Å²) in [6.45, 7) is 2.26. The fraction of sp³-hybridized carbons (Fsp3) is 0.800. The predicted octanol–water partition coefficient (Wildman–Crippen LogP) is 2.79. The lowest BCUT2D eigenvalue weighted by Crippen LogP contribution is -2.25. The molecule has 0 spiro atoms. The highest BCUT2D eigenvalue weighted by Crippen LogP contribution is 2.28. The van der Waals surface area contributed by atoms with Gasteiger partial charge in [0.2, 0.25) is 0 Å². The quantitative estimate of drug-likeness (QED) is 0.801. The van der Waals surface area contributed by atoms with Crippen molar-refractivity contribution in [1.82, 2.24) is 15.1 Å². The Kier molecular flexibility index (Phi) is 6.96. The molecule has 1 aromatic heterocycles. The monoisotopic (exact) mass is 315 g/mol. The smallest absolute Gasteiger partial charge is 0.0834 e. The molecule has 2 heterocycles. The molecule has 0 radical (unpaired) electrons. The maximum Gasteiger partial charge on any atom is 0.0834 e. The Morgan fingerprint density at radius 3 is 3.10 bits per heavy atom. The van der Waals surface area contributed by atoms with E-state index in [4.69, 9.17) is 21.1 Å². The summed E-state index contributed by atoms with van der Waals surface area (Å²) in [7, 11) is 3.66. The van der Waals surface area contributed by atoms with Crippen LogP contribution in [0.2, 0.25) is 5.02 Å². The predicted molar refractivity (Wildman–Crippen MR) is 83.7 cm³/mol. The highest BCUT2D eigenvalue weighted by Gasteiger charge is 2.21. The van der Waals surface area contributed by atoms with E-state index >= 15 is 0 Å².